The van der Waals surface area contributed by atoms with Crippen LogP contribution in [0, 0.1) is 11.3 Å². The minimum Gasteiger partial charge on any atom is -0.345 e. The third kappa shape index (κ3) is 1.62. The second-order valence-electron chi connectivity index (χ2n) is 5.16. The first-order valence-electron chi connectivity index (χ1n) is 5.74. The van der Waals surface area contributed by atoms with Crippen molar-refractivity contribution in [3.8, 4) is 0 Å². The molecule has 0 atom stereocenters. The summed E-state index contributed by atoms with van der Waals surface area (Å²) < 4.78 is 0. The number of rotatable bonds is 3. The number of nitrogens with one attached hydrogen (secondary N) is 1. The van der Waals surface area contributed by atoms with Crippen molar-refractivity contribution in [2.24, 2.45) is 11.3 Å². The number of carbonyl (C=O) groups is 2. The Bertz CT molecular complexity index is 319. The summed E-state index contributed by atoms with van der Waals surface area (Å²) in [5.41, 5.74) is 0.410. The number of amides is 2. The molecule has 2 aliphatic carbocycles. The van der Waals surface area contributed by atoms with Crippen LogP contribution in [0.15, 0.2) is 0 Å². The lowest BCUT2D eigenvalue weighted by atomic mass is 9.99. The van der Waals surface area contributed by atoms with Gasteiger partial charge in [0, 0.05) is 6.54 Å². The van der Waals surface area contributed by atoms with Crippen molar-refractivity contribution < 1.29 is 9.59 Å². The largest absolute Gasteiger partial charge is 0.345 e. The first kappa shape index (κ1) is 9.19. The topological polar surface area (TPSA) is 49.4 Å². The number of piperazine rings is 1. The van der Waals surface area contributed by atoms with Crippen LogP contribution in [0.1, 0.15) is 25.7 Å². The van der Waals surface area contributed by atoms with Gasteiger partial charge in [0.15, 0.2) is 0 Å². The van der Waals surface area contributed by atoms with E-state index in [1.54, 1.807) is 4.90 Å². The lowest BCUT2D eigenvalue weighted by Crippen LogP contribution is -2.53. The maximum atomic E-state index is 11.6. The Kier molecular flexibility index (Phi) is 1.82. The van der Waals surface area contributed by atoms with Gasteiger partial charge in [-0.05, 0) is 37.0 Å². The van der Waals surface area contributed by atoms with Crippen molar-refractivity contribution in [3.05, 3.63) is 0 Å². The predicted octanol–water partition coefficient (Wildman–Crippen LogP) is 0.135. The summed E-state index contributed by atoms with van der Waals surface area (Å²) in [7, 11) is 0. The summed E-state index contributed by atoms with van der Waals surface area (Å²) in [6.45, 7) is 1.29. The van der Waals surface area contributed by atoms with E-state index in [1.807, 2.05) is 0 Å². The molecule has 0 radical (unpaired) electrons. The maximum absolute atomic E-state index is 11.6. The van der Waals surface area contributed by atoms with Gasteiger partial charge in [-0.1, -0.05) is 0 Å². The van der Waals surface area contributed by atoms with Gasteiger partial charge in [-0.15, -0.1) is 0 Å². The first-order valence-corrected chi connectivity index (χ1v) is 5.74. The van der Waals surface area contributed by atoms with Crippen molar-refractivity contribution in [3.63, 3.8) is 0 Å². The second kappa shape index (κ2) is 2.97. The average Bonchev–Trinajstić information content (AvgIpc) is 3.01. The first-order chi connectivity index (χ1) is 7.20. The van der Waals surface area contributed by atoms with Crippen LogP contribution in [-0.4, -0.2) is 36.3 Å². The molecule has 4 heteroatoms. The summed E-state index contributed by atoms with van der Waals surface area (Å²) in [4.78, 5) is 24.6. The molecule has 2 saturated carbocycles. The van der Waals surface area contributed by atoms with Crippen molar-refractivity contribution in [1.82, 2.24) is 10.2 Å². The summed E-state index contributed by atoms with van der Waals surface area (Å²) in [5.74, 6) is 0.915. The van der Waals surface area contributed by atoms with Gasteiger partial charge in [0.1, 0.15) is 0 Å². The van der Waals surface area contributed by atoms with Gasteiger partial charge in [0.2, 0.25) is 11.8 Å². The number of hydrogen-bond acceptors (Lipinski definition) is 2. The van der Waals surface area contributed by atoms with Crippen LogP contribution in [0.25, 0.3) is 0 Å². The lowest BCUT2D eigenvalue weighted by molar-refractivity contribution is -0.141. The fourth-order valence-corrected chi connectivity index (χ4v) is 2.68. The Labute approximate surface area is 89.0 Å². The molecule has 1 N–H and O–H groups in total. The Morgan fingerprint density at radius 1 is 1.33 bits per heavy atom. The summed E-state index contributed by atoms with van der Waals surface area (Å²) in [6, 6.07) is 0. The second-order valence-corrected chi connectivity index (χ2v) is 5.16. The van der Waals surface area contributed by atoms with E-state index < -0.39 is 0 Å². The van der Waals surface area contributed by atoms with E-state index in [0.717, 1.165) is 12.5 Å². The highest BCUT2D eigenvalue weighted by Gasteiger charge is 2.55. The minimum absolute atomic E-state index is 0.0128. The monoisotopic (exact) mass is 208 g/mol. The normalized spacial score (nSPS) is 28.9. The standard InChI is InChI=1S/C11H16N2O2/c14-9-6-13(10(15)5-12-9)7-11(3-4-11)8-1-2-8/h8H,1-7H2,(H,12,14). The molecule has 1 aliphatic heterocycles. The van der Waals surface area contributed by atoms with E-state index in [9.17, 15) is 9.59 Å². The zero-order valence-corrected chi connectivity index (χ0v) is 8.79. The zero-order chi connectivity index (χ0) is 10.5. The van der Waals surface area contributed by atoms with Crippen molar-refractivity contribution in [1.29, 1.82) is 0 Å². The predicted molar refractivity (Wildman–Crippen MR) is 54.0 cm³/mol. The summed E-state index contributed by atoms with van der Waals surface area (Å²) >= 11 is 0. The molecule has 0 aromatic carbocycles. The van der Waals surface area contributed by atoms with Gasteiger partial charge >= 0.3 is 0 Å². The van der Waals surface area contributed by atoms with Gasteiger partial charge in [-0.3, -0.25) is 9.59 Å². The minimum atomic E-state index is -0.0128. The molecular weight excluding hydrogens is 192 g/mol. The van der Waals surface area contributed by atoms with Crippen LogP contribution in [0.4, 0.5) is 0 Å². The zero-order valence-electron chi connectivity index (χ0n) is 8.79. The fourth-order valence-electron chi connectivity index (χ4n) is 2.68. The molecule has 0 aromatic rings. The Morgan fingerprint density at radius 3 is 2.67 bits per heavy atom. The van der Waals surface area contributed by atoms with E-state index in [-0.39, 0.29) is 24.9 Å². The molecule has 0 aromatic heterocycles. The number of hydrogen-bond donors (Lipinski definition) is 1. The molecule has 0 spiro atoms. The molecule has 0 unspecified atom stereocenters. The van der Waals surface area contributed by atoms with E-state index in [2.05, 4.69) is 5.32 Å². The van der Waals surface area contributed by atoms with Gasteiger partial charge in [-0.2, -0.15) is 0 Å². The van der Waals surface area contributed by atoms with Crippen LogP contribution in [0.5, 0.6) is 0 Å². The van der Waals surface area contributed by atoms with Crippen molar-refractivity contribution in [2.75, 3.05) is 19.6 Å². The quantitative estimate of drug-likeness (QED) is 0.717. The Balaban J connectivity index is 1.66. The van der Waals surface area contributed by atoms with E-state index in [0.29, 0.717) is 5.41 Å². The molecule has 0 bridgehead atoms. The summed E-state index contributed by atoms with van der Waals surface area (Å²) in [6.07, 6.45) is 5.16. The molecular formula is C11H16N2O2. The van der Waals surface area contributed by atoms with Crippen molar-refractivity contribution in [2.45, 2.75) is 25.7 Å². The molecule has 4 nitrogen and oxygen atoms in total. The van der Waals surface area contributed by atoms with Gasteiger partial charge in [0.05, 0.1) is 13.1 Å². The van der Waals surface area contributed by atoms with Crippen LogP contribution < -0.4 is 5.32 Å². The highest BCUT2D eigenvalue weighted by Crippen LogP contribution is 2.61. The van der Waals surface area contributed by atoms with E-state index in [4.69, 9.17) is 0 Å². The highest BCUT2D eigenvalue weighted by atomic mass is 16.2. The summed E-state index contributed by atoms with van der Waals surface area (Å²) in [5, 5.41) is 2.58. The van der Waals surface area contributed by atoms with Gasteiger partial charge in [-0.25, -0.2) is 0 Å². The molecule has 3 aliphatic rings. The maximum Gasteiger partial charge on any atom is 0.242 e. The third-order valence-corrected chi connectivity index (χ3v) is 3.97. The molecule has 82 valence electrons. The smallest absolute Gasteiger partial charge is 0.242 e. The van der Waals surface area contributed by atoms with Crippen LogP contribution in [0.3, 0.4) is 0 Å². The van der Waals surface area contributed by atoms with Gasteiger partial charge < -0.3 is 10.2 Å². The molecule has 2 amide bonds. The number of nitrogens with zero attached hydrogens (tertiary/aromatic N) is 1. The molecule has 15 heavy (non-hydrogen) atoms. The molecule has 1 saturated heterocycles. The van der Waals surface area contributed by atoms with E-state index >= 15 is 0 Å². The SMILES string of the molecule is O=C1CN(CC2(C3CC3)CC2)C(=O)CN1. The lowest BCUT2D eigenvalue weighted by Gasteiger charge is -2.30. The van der Waals surface area contributed by atoms with Gasteiger partial charge in [0.25, 0.3) is 0 Å². The Morgan fingerprint density at radius 2 is 2.07 bits per heavy atom. The van der Waals surface area contributed by atoms with E-state index in [1.165, 1.54) is 25.7 Å². The average molecular weight is 208 g/mol. The molecule has 3 rings (SSSR count). The number of carbonyl (C=O) groups excluding carboxylic acids is 2. The Hall–Kier alpha value is -1.06. The van der Waals surface area contributed by atoms with Crippen LogP contribution >= 0.6 is 0 Å². The fraction of sp³-hybridized carbons (Fsp3) is 0.818. The third-order valence-electron chi connectivity index (χ3n) is 3.97. The molecule has 1 heterocycles. The van der Waals surface area contributed by atoms with Crippen LogP contribution in [0.2, 0.25) is 0 Å². The highest BCUT2D eigenvalue weighted by molar-refractivity contribution is 5.92. The van der Waals surface area contributed by atoms with Crippen LogP contribution in [-0.2, 0) is 9.59 Å². The molecule has 3 fully saturated rings. The van der Waals surface area contributed by atoms with Crippen molar-refractivity contribution >= 4 is 11.8 Å².